The van der Waals surface area contributed by atoms with E-state index in [0.29, 0.717) is 26.1 Å². The molecule has 1 spiro atoms. The summed E-state index contributed by atoms with van der Waals surface area (Å²) < 4.78 is -0.702. The smallest absolute Gasteiger partial charge is 0.308 e. The molecule has 0 saturated carbocycles. The highest BCUT2D eigenvalue weighted by molar-refractivity contribution is 9.09. The lowest BCUT2D eigenvalue weighted by Gasteiger charge is -2.37. The van der Waals surface area contributed by atoms with Crippen molar-refractivity contribution < 1.29 is 24.6 Å². The molecule has 3 unspecified atom stereocenters. The fraction of sp³-hybridized carbons (Fsp3) is 0.783. The summed E-state index contributed by atoms with van der Waals surface area (Å²) in [5.74, 6) is -2.64. The van der Waals surface area contributed by atoms with E-state index >= 15 is 0 Å². The van der Waals surface area contributed by atoms with Crippen LogP contribution < -0.4 is 0 Å². The summed E-state index contributed by atoms with van der Waals surface area (Å²) in [6.45, 7) is 7.49. The Morgan fingerprint density at radius 1 is 1.31 bits per heavy atom. The van der Waals surface area contributed by atoms with E-state index < -0.39 is 28.6 Å². The Balaban J connectivity index is 1.93. The number of halogens is 1. The predicted molar refractivity (Wildman–Crippen MR) is 129 cm³/mol. The van der Waals surface area contributed by atoms with Crippen LogP contribution in [0.5, 0.6) is 0 Å². The van der Waals surface area contributed by atoms with Gasteiger partial charge in [-0.25, -0.2) is 0 Å². The number of fused-ring (bicyclic) bond motifs is 1. The average molecular weight is 532 g/mol. The lowest BCUT2D eigenvalue weighted by Crippen LogP contribution is -2.55. The van der Waals surface area contributed by atoms with Gasteiger partial charge in [0.25, 0.3) is 0 Å². The van der Waals surface area contributed by atoms with Crippen molar-refractivity contribution >= 4 is 45.5 Å². The lowest BCUT2D eigenvalue weighted by molar-refractivity contribution is -0.148. The van der Waals surface area contributed by atoms with Gasteiger partial charge in [-0.1, -0.05) is 48.2 Å². The zero-order chi connectivity index (χ0) is 23.5. The number of hydrogen-bond donors (Lipinski definition) is 2. The highest BCUT2D eigenvalue weighted by atomic mass is 79.9. The van der Waals surface area contributed by atoms with E-state index in [9.17, 15) is 19.5 Å². The lowest BCUT2D eigenvalue weighted by atomic mass is 9.71. The van der Waals surface area contributed by atoms with Gasteiger partial charge < -0.3 is 20.0 Å². The monoisotopic (exact) mass is 530 g/mol. The molecule has 32 heavy (non-hydrogen) atoms. The molecule has 3 heterocycles. The number of aliphatic hydroxyl groups is 1. The normalized spacial score (nSPS) is 32.9. The first kappa shape index (κ1) is 25.6. The van der Waals surface area contributed by atoms with E-state index in [1.807, 2.05) is 0 Å². The molecule has 180 valence electrons. The Morgan fingerprint density at radius 3 is 2.66 bits per heavy atom. The Morgan fingerprint density at radius 2 is 2.03 bits per heavy atom. The van der Waals surface area contributed by atoms with Gasteiger partial charge in [-0.2, -0.15) is 0 Å². The molecule has 2 N–H and O–H groups in total. The standard InChI is InChI=1S/C23H35BrN2O5S/c1-3-5-11-25(10-4-2)21(29)19-23-14-15(24)18(32-23)16(22(30)31)17(23)20(28)26(19)12-8-6-7-9-13-27/h4,15-19,27H,2-3,5-14H2,1H3,(H,30,31)/t15?,16-,17-,18-,19?,23?/m0/s1. The van der Waals surface area contributed by atoms with Crippen LogP contribution in [-0.2, 0) is 14.4 Å². The molecule has 9 heteroatoms. The van der Waals surface area contributed by atoms with Gasteiger partial charge in [0.1, 0.15) is 6.04 Å². The summed E-state index contributed by atoms with van der Waals surface area (Å²) in [5.41, 5.74) is 0. The van der Waals surface area contributed by atoms with E-state index in [2.05, 4.69) is 29.4 Å². The Bertz CT molecular complexity index is 737. The van der Waals surface area contributed by atoms with Crippen molar-refractivity contribution in [2.45, 2.75) is 72.7 Å². The van der Waals surface area contributed by atoms with Crippen molar-refractivity contribution in [2.75, 3.05) is 26.2 Å². The maximum absolute atomic E-state index is 13.9. The quantitative estimate of drug-likeness (QED) is 0.216. The topological polar surface area (TPSA) is 98.2 Å². The number of thioether (sulfide) groups is 1. The van der Waals surface area contributed by atoms with Crippen LogP contribution in [0.1, 0.15) is 51.9 Å². The van der Waals surface area contributed by atoms with Gasteiger partial charge in [-0.3, -0.25) is 14.4 Å². The molecule has 7 nitrogen and oxygen atoms in total. The van der Waals surface area contributed by atoms with Crippen molar-refractivity contribution in [2.24, 2.45) is 11.8 Å². The summed E-state index contributed by atoms with van der Waals surface area (Å²) >= 11 is 5.21. The molecule has 0 aromatic heterocycles. The number of alkyl halides is 1. The van der Waals surface area contributed by atoms with Crippen molar-refractivity contribution in [1.29, 1.82) is 0 Å². The molecule has 0 aliphatic carbocycles. The number of likely N-dealkylation sites (tertiary alicyclic amines) is 1. The summed E-state index contributed by atoms with van der Waals surface area (Å²) in [7, 11) is 0. The molecule has 3 aliphatic rings. The average Bonchev–Trinajstić information content (AvgIpc) is 3.34. The molecular formula is C23H35BrN2O5S. The Labute approximate surface area is 203 Å². The van der Waals surface area contributed by atoms with Gasteiger partial charge in [0.15, 0.2) is 0 Å². The van der Waals surface area contributed by atoms with Gasteiger partial charge in [0.2, 0.25) is 11.8 Å². The molecule has 3 saturated heterocycles. The van der Waals surface area contributed by atoms with Gasteiger partial charge in [0, 0.05) is 36.3 Å². The van der Waals surface area contributed by atoms with Crippen molar-refractivity contribution in [3.05, 3.63) is 12.7 Å². The first-order valence-electron chi connectivity index (χ1n) is 11.7. The van der Waals surface area contributed by atoms with Crippen molar-refractivity contribution in [3.63, 3.8) is 0 Å². The highest BCUT2D eigenvalue weighted by Crippen LogP contribution is 2.67. The van der Waals surface area contributed by atoms with Crippen molar-refractivity contribution in [1.82, 2.24) is 9.80 Å². The second-order valence-corrected chi connectivity index (χ2v) is 11.8. The molecule has 3 rings (SSSR count). The van der Waals surface area contributed by atoms with E-state index in [1.54, 1.807) is 27.6 Å². The fourth-order valence-electron chi connectivity index (χ4n) is 5.65. The minimum absolute atomic E-state index is 0.0269. The number of hydrogen-bond acceptors (Lipinski definition) is 5. The first-order valence-corrected chi connectivity index (χ1v) is 13.5. The number of aliphatic hydroxyl groups excluding tert-OH is 1. The molecule has 0 aromatic carbocycles. The third-order valence-electron chi connectivity index (χ3n) is 7.06. The second-order valence-electron chi connectivity index (χ2n) is 9.10. The van der Waals surface area contributed by atoms with Crippen LogP contribution in [0, 0.1) is 11.8 Å². The van der Waals surface area contributed by atoms with Gasteiger partial charge >= 0.3 is 5.97 Å². The molecule has 0 aromatic rings. The van der Waals surface area contributed by atoms with Crippen LogP contribution in [0.4, 0.5) is 0 Å². The second kappa shape index (κ2) is 10.9. The van der Waals surface area contributed by atoms with Crippen LogP contribution >= 0.6 is 27.7 Å². The number of aliphatic carboxylic acids is 1. The summed E-state index contributed by atoms with van der Waals surface area (Å²) in [4.78, 5) is 43.2. The summed E-state index contributed by atoms with van der Waals surface area (Å²) in [6.07, 6.45) is 7.33. The summed E-state index contributed by atoms with van der Waals surface area (Å²) in [5, 5.41) is 18.8. The number of carbonyl (C=O) groups is 3. The number of unbranched alkanes of at least 4 members (excludes halogenated alkanes) is 4. The molecule has 2 amide bonds. The maximum Gasteiger partial charge on any atom is 0.308 e. The van der Waals surface area contributed by atoms with E-state index in [0.717, 1.165) is 38.5 Å². The zero-order valence-corrected chi connectivity index (χ0v) is 21.2. The zero-order valence-electron chi connectivity index (χ0n) is 18.7. The predicted octanol–water partition coefficient (Wildman–Crippen LogP) is 2.90. The number of carbonyl (C=O) groups excluding carboxylic acids is 2. The minimum atomic E-state index is -0.947. The van der Waals surface area contributed by atoms with E-state index in [4.69, 9.17) is 5.11 Å². The first-order chi connectivity index (χ1) is 15.3. The van der Waals surface area contributed by atoms with Crippen LogP contribution in [0.3, 0.4) is 0 Å². The van der Waals surface area contributed by atoms with Crippen LogP contribution in [-0.4, -0.2) is 84.9 Å². The van der Waals surface area contributed by atoms with E-state index in [-0.39, 0.29) is 28.5 Å². The molecule has 0 radical (unpaired) electrons. The number of amides is 2. The number of carboxylic acids is 1. The largest absolute Gasteiger partial charge is 0.481 e. The SMILES string of the molecule is C=CCN(CCCC)C(=O)C1N(CCCCCCO)C(=O)[C@@H]2[C@H](C(=O)O)[C@H]3SC12CC3Br. The fourth-order valence-corrected chi connectivity index (χ4v) is 9.25. The maximum atomic E-state index is 13.9. The number of carboxylic acid groups (broad SMARTS) is 1. The third kappa shape index (κ3) is 4.49. The molecule has 3 fully saturated rings. The molecule has 3 aliphatic heterocycles. The molecule has 6 atom stereocenters. The van der Waals surface area contributed by atoms with Crippen molar-refractivity contribution in [3.8, 4) is 0 Å². The van der Waals surface area contributed by atoms with Crippen LogP contribution in [0.2, 0.25) is 0 Å². The molecular weight excluding hydrogens is 496 g/mol. The highest BCUT2D eigenvalue weighted by Gasteiger charge is 2.75. The Kier molecular flexibility index (Phi) is 8.72. The van der Waals surface area contributed by atoms with Gasteiger partial charge in [0.05, 0.1) is 16.6 Å². The van der Waals surface area contributed by atoms with Gasteiger partial charge in [-0.05, 0) is 25.7 Å². The Hall–Kier alpha value is -1.06. The van der Waals surface area contributed by atoms with Gasteiger partial charge in [-0.15, -0.1) is 18.3 Å². The van der Waals surface area contributed by atoms with Crippen LogP contribution in [0.25, 0.3) is 0 Å². The third-order valence-corrected chi connectivity index (χ3v) is 10.3. The molecule has 2 bridgehead atoms. The summed E-state index contributed by atoms with van der Waals surface area (Å²) in [6, 6.07) is -0.644. The minimum Gasteiger partial charge on any atom is -0.481 e. The number of rotatable bonds is 13. The number of nitrogens with zero attached hydrogens (tertiary/aromatic N) is 2. The van der Waals surface area contributed by atoms with E-state index in [1.165, 1.54) is 0 Å². The van der Waals surface area contributed by atoms with Crippen LogP contribution in [0.15, 0.2) is 12.7 Å².